The zero-order valence-electron chi connectivity index (χ0n) is 9.93. The highest BCUT2D eigenvalue weighted by Crippen LogP contribution is 2.17. The molecule has 1 aromatic rings. The maximum atomic E-state index is 10.6. The van der Waals surface area contributed by atoms with Gasteiger partial charge in [-0.05, 0) is 20.8 Å². The lowest BCUT2D eigenvalue weighted by Gasteiger charge is -2.34. The number of carboxylic acids is 1. The van der Waals surface area contributed by atoms with Crippen molar-refractivity contribution in [3.63, 3.8) is 0 Å². The van der Waals surface area contributed by atoms with Crippen molar-refractivity contribution < 1.29 is 14.4 Å². The number of carbonyl (C=O) groups is 1. The quantitative estimate of drug-likeness (QED) is 0.828. The van der Waals surface area contributed by atoms with Gasteiger partial charge in [-0.2, -0.15) is 0 Å². The molecule has 16 heavy (non-hydrogen) atoms. The molecule has 0 aromatic carbocycles. The third kappa shape index (κ3) is 4.02. The SMILES string of the molecule is CC(C)(C)N(CCC(=O)O)Cc1cnoc1. The molecular formula is C11H18N2O3. The van der Waals surface area contributed by atoms with Gasteiger partial charge in [0.1, 0.15) is 6.26 Å². The van der Waals surface area contributed by atoms with Crippen LogP contribution in [0, 0.1) is 0 Å². The average Bonchev–Trinajstić information content (AvgIpc) is 2.62. The summed E-state index contributed by atoms with van der Waals surface area (Å²) < 4.78 is 4.76. The summed E-state index contributed by atoms with van der Waals surface area (Å²) in [6.45, 7) is 7.34. The number of nitrogens with zero attached hydrogens (tertiary/aromatic N) is 2. The minimum absolute atomic E-state index is 0.0767. The fourth-order valence-electron chi connectivity index (χ4n) is 1.41. The zero-order chi connectivity index (χ0) is 12.2. The van der Waals surface area contributed by atoms with Crippen LogP contribution < -0.4 is 0 Å². The van der Waals surface area contributed by atoms with Crippen molar-refractivity contribution in [3.8, 4) is 0 Å². The Kier molecular flexibility index (Phi) is 4.06. The molecule has 0 fully saturated rings. The van der Waals surface area contributed by atoms with Crippen LogP contribution in [0.4, 0.5) is 0 Å². The molecule has 5 heteroatoms. The van der Waals surface area contributed by atoms with Gasteiger partial charge in [0.05, 0.1) is 12.6 Å². The molecule has 0 radical (unpaired) electrons. The smallest absolute Gasteiger partial charge is 0.304 e. The molecule has 0 aliphatic heterocycles. The normalized spacial score (nSPS) is 12.0. The van der Waals surface area contributed by atoms with Crippen LogP contribution in [0.1, 0.15) is 32.8 Å². The summed E-state index contributed by atoms with van der Waals surface area (Å²) in [4.78, 5) is 12.7. The predicted octanol–water partition coefficient (Wildman–Crippen LogP) is 1.75. The number of rotatable bonds is 5. The molecule has 1 heterocycles. The minimum atomic E-state index is -0.778. The van der Waals surface area contributed by atoms with Gasteiger partial charge in [0.2, 0.25) is 0 Å². The highest BCUT2D eigenvalue weighted by atomic mass is 16.5. The summed E-state index contributed by atoms with van der Waals surface area (Å²) in [7, 11) is 0. The van der Waals surface area contributed by atoms with Gasteiger partial charge < -0.3 is 9.63 Å². The van der Waals surface area contributed by atoms with Crippen molar-refractivity contribution in [3.05, 3.63) is 18.0 Å². The Bertz CT molecular complexity index is 327. The van der Waals surface area contributed by atoms with Gasteiger partial charge in [0.15, 0.2) is 0 Å². The van der Waals surface area contributed by atoms with Crippen LogP contribution in [-0.2, 0) is 11.3 Å². The predicted molar refractivity (Wildman–Crippen MR) is 58.9 cm³/mol. The van der Waals surface area contributed by atoms with E-state index in [1.165, 1.54) is 0 Å². The minimum Gasteiger partial charge on any atom is -0.481 e. The molecule has 0 atom stereocenters. The molecular weight excluding hydrogens is 208 g/mol. The Hall–Kier alpha value is -1.36. The van der Waals surface area contributed by atoms with E-state index in [1.807, 2.05) is 0 Å². The van der Waals surface area contributed by atoms with E-state index in [1.54, 1.807) is 12.5 Å². The summed E-state index contributed by atoms with van der Waals surface area (Å²) in [5, 5.41) is 12.3. The highest BCUT2D eigenvalue weighted by Gasteiger charge is 2.22. The van der Waals surface area contributed by atoms with Crippen molar-refractivity contribution in [2.75, 3.05) is 6.54 Å². The molecule has 0 aliphatic carbocycles. The van der Waals surface area contributed by atoms with E-state index in [2.05, 4.69) is 30.8 Å². The van der Waals surface area contributed by atoms with E-state index in [-0.39, 0.29) is 12.0 Å². The van der Waals surface area contributed by atoms with Crippen molar-refractivity contribution in [2.45, 2.75) is 39.3 Å². The van der Waals surface area contributed by atoms with E-state index >= 15 is 0 Å². The fourth-order valence-corrected chi connectivity index (χ4v) is 1.41. The molecule has 1 rings (SSSR count). The van der Waals surface area contributed by atoms with Crippen molar-refractivity contribution in [2.24, 2.45) is 0 Å². The second-order valence-corrected chi connectivity index (χ2v) is 4.77. The second kappa shape index (κ2) is 5.12. The first-order chi connectivity index (χ1) is 7.39. The lowest BCUT2D eigenvalue weighted by atomic mass is 10.0. The number of aliphatic carboxylic acids is 1. The lowest BCUT2D eigenvalue weighted by Crippen LogP contribution is -2.41. The Labute approximate surface area is 95.0 Å². The van der Waals surface area contributed by atoms with Crippen molar-refractivity contribution in [1.29, 1.82) is 0 Å². The van der Waals surface area contributed by atoms with Gasteiger partial charge in [-0.1, -0.05) is 5.16 Å². The van der Waals surface area contributed by atoms with Crippen LogP contribution >= 0.6 is 0 Å². The summed E-state index contributed by atoms with van der Waals surface area (Å²) >= 11 is 0. The molecule has 1 aromatic heterocycles. The number of hydrogen-bond acceptors (Lipinski definition) is 4. The van der Waals surface area contributed by atoms with E-state index < -0.39 is 5.97 Å². The largest absolute Gasteiger partial charge is 0.481 e. The van der Waals surface area contributed by atoms with Gasteiger partial charge in [0, 0.05) is 24.2 Å². The molecule has 0 spiro atoms. The number of aromatic nitrogens is 1. The van der Waals surface area contributed by atoms with E-state index in [0.29, 0.717) is 13.1 Å². The Morgan fingerprint density at radius 2 is 2.25 bits per heavy atom. The third-order valence-electron chi connectivity index (χ3n) is 2.40. The first-order valence-corrected chi connectivity index (χ1v) is 5.24. The Morgan fingerprint density at radius 1 is 1.56 bits per heavy atom. The van der Waals surface area contributed by atoms with E-state index in [4.69, 9.17) is 9.63 Å². The van der Waals surface area contributed by atoms with Crippen LogP contribution in [-0.4, -0.2) is 33.2 Å². The van der Waals surface area contributed by atoms with Crippen LogP contribution in [0.2, 0.25) is 0 Å². The van der Waals surface area contributed by atoms with Gasteiger partial charge in [0.25, 0.3) is 0 Å². The maximum Gasteiger partial charge on any atom is 0.304 e. The van der Waals surface area contributed by atoms with Gasteiger partial charge >= 0.3 is 5.97 Å². The first kappa shape index (κ1) is 12.7. The zero-order valence-corrected chi connectivity index (χ0v) is 9.93. The second-order valence-electron chi connectivity index (χ2n) is 4.77. The van der Waals surface area contributed by atoms with E-state index in [9.17, 15) is 4.79 Å². The Morgan fingerprint density at radius 3 is 2.69 bits per heavy atom. The number of hydrogen-bond donors (Lipinski definition) is 1. The maximum absolute atomic E-state index is 10.6. The van der Waals surface area contributed by atoms with Crippen molar-refractivity contribution in [1.82, 2.24) is 10.1 Å². The average molecular weight is 226 g/mol. The summed E-state index contributed by atoms with van der Waals surface area (Å²) in [6.07, 6.45) is 3.38. The molecule has 0 saturated carbocycles. The van der Waals surface area contributed by atoms with Crippen LogP contribution in [0.5, 0.6) is 0 Å². The molecule has 90 valence electrons. The summed E-state index contributed by atoms with van der Waals surface area (Å²) in [5.74, 6) is -0.778. The van der Waals surface area contributed by atoms with Gasteiger partial charge in [-0.25, -0.2) is 0 Å². The summed E-state index contributed by atoms with van der Waals surface area (Å²) in [6, 6.07) is 0. The highest BCUT2D eigenvalue weighted by molar-refractivity contribution is 5.66. The molecule has 0 bridgehead atoms. The molecule has 0 unspecified atom stereocenters. The fraction of sp³-hybridized carbons (Fsp3) is 0.636. The lowest BCUT2D eigenvalue weighted by molar-refractivity contribution is -0.137. The van der Waals surface area contributed by atoms with Crippen molar-refractivity contribution >= 4 is 5.97 Å². The molecule has 0 amide bonds. The van der Waals surface area contributed by atoms with Gasteiger partial charge in [-0.3, -0.25) is 9.69 Å². The molecule has 5 nitrogen and oxygen atoms in total. The standard InChI is InChI=1S/C11H18N2O3/c1-11(2,3)13(5-4-10(14)15)7-9-6-12-16-8-9/h6,8H,4-5,7H2,1-3H3,(H,14,15). The first-order valence-electron chi connectivity index (χ1n) is 5.24. The van der Waals surface area contributed by atoms with Crippen LogP contribution in [0.25, 0.3) is 0 Å². The van der Waals surface area contributed by atoms with Gasteiger partial charge in [-0.15, -0.1) is 0 Å². The monoisotopic (exact) mass is 226 g/mol. The molecule has 1 N–H and O–H groups in total. The number of carboxylic acid groups (broad SMARTS) is 1. The van der Waals surface area contributed by atoms with E-state index in [0.717, 1.165) is 5.56 Å². The molecule has 0 aliphatic rings. The van der Waals surface area contributed by atoms with Crippen LogP contribution in [0.3, 0.4) is 0 Å². The third-order valence-corrected chi connectivity index (χ3v) is 2.40. The topological polar surface area (TPSA) is 66.6 Å². The summed E-state index contributed by atoms with van der Waals surface area (Å²) in [5.41, 5.74) is 0.882. The Balaban J connectivity index is 2.61. The van der Waals surface area contributed by atoms with Crippen LogP contribution in [0.15, 0.2) is 17.0 Å². The molecule has 0 saturated heterocycles.